The molecule has 0 spiro atoms. The number of likely N-dealkylation sites (N-methyl/N-ethyl adjacent to an activating group) is 1. The van der Waals surface area contributed by atoms with Gasteiger partial charge in [0.05, 0.1) is 40.0 Å². The number of ether oxygens (including phenoxy) is 2. The first-order valence-corrected chi connectivity index (χ1v) is 23.3. The zero-order valence-electron chi connectivity index (χ0n) is 37.3. The van der Waals surface area contributed by atoms with Gasteiger partial charge in [-0.3, -0.25) is 14.2 Å². The monoisotopic (exact) mass is 860 g/mol. The molecule has 0 aromatic rings. The van der Waals surface area contributed by atoms with Gasteiger partial charge < -0.3 is 38.1 Å². The van der Waals surface area contributed by atoms with Gasteiger partial charge in [0.1, 0.15) is 19.8 Å². The van der Waals surface area contributed by atoms with Gasteiger partial charge in [-0.2, -0.15) is 0 Å². The number of phosphoric acid groups is 1. The number of rotatable bonds is 37. The average molecular weight is 860 g/mol. The lowest BCUT2D eigenvalue weighted by Crippen LogP contribution is -2.37. The molecule has 60 heavy (non-hydrogen) atoms. The molecule has 4 atom stereocenters. The molecule has 0 heterocycles. The lowest BCUT2D eigenvalue weighted by atomic mass is 10.1. The van der Waals surface area contributed by atoms with Crippen LogP contribution in [-0.2, 0) is 32.7 Å². The molecule has 0 bridgehead atoms. The number of nitrogens with zero attached hydrogens (tertiary/aromatic N) is 1. The van der Waals surface area contributed by atoms with Crippen LogP contribution < -0.4 is 4.89 Å². The molecule has 0 aliphatic rings. The molecule has 0 radical (unpaired) electrons. The number of phosphoric ester groups is 1. The Morgan fingerprint density at radius 3 is 1.80 bits per heavy atom. The highest BCUT2D eigenvalue weighted by molar-refractivity contribution is 7.45. The van der Waals surface area contributed by atoms with E-state index < -0.39 is 51.3 Å². The van der Waals surface area contributed by atoms with Gasteiger partial charge in [-0.05, 0) is 77.0 Å². The Hall–Kier alpha value is -3.41. The average Bonchev–Trinajstić information content (AvgIpc) is 3.19. The van der Waals surface area contributed by atoms with E-state index in [0.29, 0.717) is 43.1 Å². The Labute approximate surface area is 362 Å². The van der Waals surface area contributed by atoms with Gasteiger partial charge in [0.2, 0.25) is 0 Å². The van der Waals surface area contributed by atoms with E-state index in [1.54, 1.807) is 36.5 Å². The lowest BCUT2D eigenvalue weighted by molar-refractivity contribution is -0.870. The fourth-order valence-corrected chi connectivity index (χ4v) is 5.73. The molecule has 0 aromatic carbocycles. The maximum Gasteiger partial charge on any atom is 0.306 e. The third-order valence-corrected chi connectivity index (χ3v) is 9.43. The second-order valence-electron chi connectivity index (χ2n) is 15.4. The Bertz CT molecular complexity index is 1420. The molecule has 12 heteroatoms. The number of hydrogen-bond acceptors (Lipinski definition) is 10. The third kappa shape index (κ3) is 41.3. The van der Waals surface area contributed by atoms with E-state index in [1.165, 1.54) is 12.8 Å². The molecule has 0 saturated carbocycles. The van der Waals surface area contributed by atoms with E-state index in [-0.39, 0.29) is 19.4 Å². The molecule has 0 rings (SSSR count). The van der Waals surface area contributed by atoms with Crippen molar-refractivity contribution in [2.24, 2.45) is 0 Å². The number of hydrogen-bond donors (Lipinski definition) is 2. The summed E-state index contributed by atoms with van der Waals surface area (Å²) >= 11 is 0. The van der Waals surface area contributed by atoms with E-state index >= 15 is 0 Å². The summed E-state index contributed by atoms with van der Waals surface area (Å²) in [6.07, 6.45) is 44.7. The van der Waals surface area contributed by atoms with Gasteiger partial charge in [-0.25, -0.2) is 0 Å². The molecule has 340 valence electrons. The van der Waals surface area contributed by atoms with Gasteiger partial charge in [0.15, 0.2) is 6.10 Å². The minimum atomic E-state index is -4.71. The van der Waals surface area contributed by atoms with Gasteiger partial charge in [0, 0.05) is 12.8 Å². The van der Waals surface area contributed by atoms with Crippen LogP contribution in [0, 0.1) is 0 Å². The fraction of sp³-hybridized carbons (Fsp3) is 0.583. The first kappa shape index (κ1) is 56.6. The molecule has 0 aromatic heterocycles. The smallest absolute Gasteiger partial charge is 0.306 e. The quantitative estimate of drug-likeness (QED) is 0.0154. The van der Waals surface area contributed by atoms with Crippen molar-refractivity contribution in [3.05, 3.63) is 109 Å². The van der Waals surface area contributed by atoms with E-state index in [9.17, 15) is 29.3 Å². The van der Waals surface area contributed by atoms with Crippen LogP contribution in [0.3, 0.4) is 0 Å². The van der Waals surface area contributed by atoms with Crippen molar-refractivity contribution < 1.29 is 52.3 Å². The minimum Gasteiger partial charge on any atom is -0.756 e. The Kier molecular flexibility index (Phi) is 36.3. The zero-order valence-corrected chi connectivity index (χ0v) is 38.2. The number of aliphatic hydroxyl groups excluding tert-OH is 2. The van der Waals surface area contributed by atoms with Crippen LogP contribution in [0.5, 0.6) is 0 Å². The third-order valence-electron chi connectivity index (χ3n) is 8.47. The molecular formula is C48H78NO10P. The fourth-order valence-electron chi connectivity index (χ4n) is 5.00. The van der Waals surface area contributed by atoms with Gasteiger partial charge in [-0.15, -0.1) is 0 Å². The minimum absolute atomic E-state index is 0.00258. The van der Waals surface area contributed by atoms with Crippen LogP contribution in [0.2, 0.25) is 0 Å². The largest absolute Gasteiger partial charge is 0.756 e. The SMILES string of the molecule is CC/C=C\C/C=C\C/C=C\C/C=C\C/C=C\CCCC(=O)O[C@H](COC(=O)CCC[C@H](O)\C=C/C=C/C=C/[C@H](O)C/C=C\CCCCC)COP(=O)([O-])OCC[N+](C)(C)C. The number of carbonyl (C=O) groups is 2. The number of quaternary nitrogens is 1. The number of aliphatic hydroxyl groups is 2. The standard InChI is InChI=1S/C48H78NO10P/c1-6-8-10-12-14-15-16-17-18-19-20-21-22-23-24-26-32-38-48(53)59-46(43-58-60(54,55)57-41-40-49(3,4)5)42-56-47(52)39-33-37-45(51)36-31-28-27-30-35-44(50)34-29-25-13-11-9-7-2/h8,10,14-15,17-18,20-21,23-25,27-31,35-36,44-46,50-51H,6-7,9,11-13,16,19,22,26,32-34,37-43H2,1-5H3/b10-8-,15-14-,18-17-,21-20-,24-23-,28-27+,29-25-,35-30+,36-31-/t44-,45-,46-/m1/s1. The van der Waals surface area contributed by atoms with E-state index in [4.69, 9.17) is 18.5 Å². The molecule has 0 fully saturated rings. The van der Waals surface area contributed by atoms with Crippen LogP contribution in [0.4, 0.5) is 0 Å². The number of allylic oxidation sites excluding steroid dienone is 15. The summed E-state index contributed by atoms with van der Waals surface area (Å²) in [5.74, 6) is -1.16. The maximum absolute atomic E-state index is 12.7. The molecule has 0 aliphatic heterocycles. The summed E-state index contributed by atoms with van der Waals surface area (Å²) < 4.78 is 33.6. The molecule has 1 unspecified atom stereocenters. The zero-order chi connectivity index (χ0) is 44.6. The van der Waals surface area contributed by atoms with Crippen molar-refractivity contribution in [3.63, 3.8) is 0 Å². The summed E-state index contributed by atoms with van der Waals surface area (Å²) in [7, 11) is 0.971. The van der Waals surface area contributed by atoms with Crippen LogP contribution >= 0.6 is 7.82 Å². The molecule has 2 N–H and O–H groups in total. The lowest BCUT2D eigenvalue weighted by Gasteiger charge is -2.28. The molecule has 11 nitrogen and oxygen atoms in total. The highest BCUT2D eigenvalue weighted by Gasteiger charge is 2.21. The van der Waals surface area contributed by atoms with E-state index in [0.717, 1.165) is 44.9 Å². The molecule has 0 saturated heterocycles. The van der Waals surface area contributed by atoms with Crippen molar-refractivity contribution in [1.82, 2.24) is 0 Å². The second-order valence-corrected chi connectivity index (χ2v) is 16.8. The summed E-state index contributed by atoms with van der Waals surface area (Å²) in [5.41, 5.74) is 0. The first-order chi connectivity index (χ1) is 28.8. The highest BCUT2D eigenvalue weighted by atomic mass is 31.2. The normalized spacial score (nSPS) is 15.7. The highest BCUT2D eigenvalue weighted by Crippen LogP contribution is 2.38. The van der Waals surface area contributed by atoms with Gasteiger partial charge in [-0.1, -0.05) is 136 Å². The Balaban J connectivity index is 4.74. The topological polar surface area (TPSA) is 152 Å². The maximum atomic E-state index is 12.7. The number of esters is 2. The van der Waals surface area contributed by atoms with E-state index in [2.05, 4.69) is 68.5 Å². The first-order valence-electron chi connectivity index (χ1n) is 21.8. The Morgan fingerprint density at radius 1 is 0.650 bits per heavy atom. The summed E-state index contributed by atoms with van der Waals surface area (Å²) in [5, 5.41) is 20.3. The van der Waals surface area contributed by atoms with Crippen molar-refractivity contribution in [3.8, 4) is 0 Å². The van der Waals surface area contributed by atoms with Crippen LogP contribution in [-0.4, -0.2) is 92.5 Å². The summed E-state index contributed by atoms with van der Waals surface area (Å²) in [6.45, 7) is 3.66. The van der Waals surface area contributed by atoms with Crippen molar-refractivity contribution in [2.45, 2.75) is 135 Å². The Morgan fingerprint density at radius 2 is 1.20 bits per heavy atom. The predicted molar refractivity (Wildman–Crippen MR) is 243 cm³/mol. The molecular weight excluding hydrogens is 781 g/mol. The second kappa shape index (κ2) is 38.5. The van der Waals surface area contributed by atoms with Crippen LogP contribution in [0.25, 0.3) is 0 Å². The molecule has 0 amide bonds. The summed E-state index contributed by atoms with van der Waals surface area (Å²) in [4.78, 5) is 37.5. The predicted octanol–water partition coefficient (Wildman–Crippen LogP) is 9.66. The van der Waals surface area contributed by atoms with Crippen LogP contribution in [0.1, 0.15) is 117 Å². The van der Waals surface area contributed by atoms with Crippen molar-refractivity contribution in [2.75, 3.05) is 47.5 Å². The van der Waals surface area contributed by atoms with Gasteiger partial charge in [0.25, 0.3) is 7.82 Å². The van der Waals surface area contributed by atoms with E-state index in [1.807, 2.05) is 39.4 Å². The summed E-state index contributed by atoms with van der Waals surface area (Å²) in [6, 6.07) is 0. The van der Waals surface area contributed by atoms with Crippen LogP contribution in [0.15, 0.2) is 109 Å². The van der Waals surface area contributed by atoms with Crippen molar-refractivity contribution >= 4 is 19.8 Å². The number of carbonyl (C=O) groups excluding carboxylic acids is 2. The van der Waals surface area contributed by atoms with Gasteiger partial charge >= 0.3 is 11.9 Å². The van der Waals surface area contributed by atoms with Crippen molar-refractivity contribution in [1.29, 1.82) is 0 Å². The number of unbranched alkanes of at least 4 members (excludes halogenated alkanes) is 4. The molecule has 0 aliphatic carbocycles.